The van der Waals surface area contributed by atoms with Crippen LogP contribution in [0.1, 0.15) is 6.42 Å². The Morgan fingerprint density at radius 1 is 1.33 bits per heavy atom. The summed E-state index contributed by atoms with van der Waals surface area (Å²) in [5.74, 6) is 0.866. The van der Waals surface area contributed by atoms with E-state index in [1.807, 2.05) is 24.1 Å². The molecule has 1 saturated heterocycles. The number of guanidine groups is 1. The van der Waals surface area contributed by atoms with Gasteiger partial charge in [-0.1, -0.05) is 18.2 Å². The molecule has 0 bridgehead atoms. The minimum atomic E-state index is 0. The van der Waals surface area contributed by atoms with Gasteiger partial charge in [-0.05, 0) is 18.6 Å². The van der Waals surface area contributed by atoms with Crippen LogP contribution in [-0.4, -0.2) is 48.2 Å². The molecule has 0 saturated carbocycles. The molecule has 0 amide bonds. The van der Waals surface area contributed by atoms with Gasteiger partial charge in [-0.3, -0.25) is 4.99 Å². The van der Waals surface area contributed by atoms with Crippen LogP contribution in [0.25, 0.3) is 0 Å². The van der Waals surface area contributed by atoms with Crippen LogP contribution in [0.15, 0.2) is 54.0 Å². The van der Waals surface area contributed by atoms with E-state index in [1.54, 1.807) is 6.20 Å². The number of anilines is 1. The third kappa shape index (κ3) is 5.12. The monoisotopic (exact) mass is 440 g/mol. The molecule has 24 heavy (non-hydrogen) atoms. The lowest BCUT2D eigenvalue weighted by Crippen LogP contribution is -2.45. The fourth-order valence-electron chi connectivity index (χ4n) is 2.86. The number of para-hydroxylation sites is 1. The average Bonchev–Trinajstić information content (AvgIpc) is 3.26. The van der Waals surface area contributed by atoms with E-state index in [0.717, 1.165) is 38.6 Å². The zero-order valence-corrected chi connectivity index (χ0v) is 16.3. The highest BCUT2D eigenvalue weighted by Gasteiger charge is 2.23. The summed E-state index contributed by atoms with van der Waals surface area (Å²) in [5.41, 5.74) is 1.29. The number of nitrogens with zero attached hydrogens (tertiary/aromatic N) is 4. The molecule has 1 atom stereocenters. The Labute approximate surface area is 160 Å². The maximum Gasteiger partial charge on any atom is 0.191 e. The maximum absolute atomic E-state index is 4.32. The molecule has 1 aromatic heterocycles. The molecule has 0 aliphatic carbocycles. The molecule has 6 nitrogen and oxygen atoms in total. The molecule has 1 aromatic carbocycles. The summed E-state index contributed by atoms with van der Waals surface area (Å²) < 4.78 is 2.05. The van der Waals surface area contributed by atoms with Crippen LogP contribution >= 0.6 is 24.0 Å². The zero-order chi connectivity index (χ0) is 15.9. The van der Waals surface area contributed by atoms with Crippen molar-refractivity contribution in [2.75, 3.05) is 31.6 Å². The van der Waals surface area contributed by atoms with Gasteiger partial charge in [0, 0.05) is 57.3 Å². The highest BCUT2D eigenvalue weighted by atomic mass is 127. The number of benzene rings is 1. The van der Waals surface area contributed by atoms with E-state index in [4.69, 9.17) is 0 Å². The van der Waals surface area contributed by atoms with Crippen LogP contribution in [0.2, 0.25) is 0 Å². The standard InChI is InChI=1S/C17H24N6.HI/c1-18-17(20-9-12-22-11-8-19-14-22)21-15-7-10-23(13-15)16-5-3-2-4-6-16;/h2-6,8,11,14-15H,7,9-10,12-13H2,1H3,(H2,18,20,21);1H. The molecule has 2 heterocycles. The van der Waals surface area contributed by atoms with Crippen molar-refractivity contribution in [3.05, 3.63) is 49.1 Å². The minimum absolute atomic E-state index is 0. The van der Waals surface area contributed by atoms with Crippen molar-refractivity contribution in [1.82, 2.24) is 20.2 Å². The Kier molecular flexibility index (Phi) is 7.36. The van der Waals surface area contributed by atoms with E-state index < -0.39 is 0 Å². The normalized spacial score (nSPS) is 17.5. The third-order valence-electron chi connectivity index (χ3n) is 4.10. The first-order valence-electron chi connectivity index (χ1n) is 8.08. The summed E-state index contributed by atoms with van der Waals surface area (Å²) in [4.78, 5) is 10.8. The maximum atomic E-state index is 4.32. The van der Waals surface area contributed by atoms with Gasteiger partial charge in [0.25, 0.3) is 0 Å². The first-order valence-corrected chi connectivity index (χ1v) is 8.08. The average molecular weight is 440 g/mol. The number of nitrogens with one attached hydrogen (secondary N) is 2. The molecular formula is C17H25IN6. The Balaban J connectivity index is 0.00000208. The lowest BCUT2D eigenvalue weighted by molar-refractivity contribution is 0.625. The summed E-state index contributed by atoms with van der Waals surface area (Å²) in [6.45, 7) is 3.78. The van der Waals surface area contributed by atoms with Crippen LogP contribution in [0, 0.1) is 0 Å². The smallest absolute Gasteiger partial charge is 0.191 e. The molecule has 7 heteroatoms. The highest BCUT2D eigenvalue weighted by Crippen LogP contribution is 2.19. The summed E-state index contributed by atoms with van der Waals surface area (Å²) in [6, 6.07) is 11.0. The number of hydrogen-bond acceptors (Lipinski definition) is 3. The van der Waals surface area contributed by atoms with Crippen LogP contribution in [-0.2, 0) is 6.54 Å². The van der Waals surface area contributed by atoms with Crippen molar-refractivity contribution in [2.45, 2.75) is 19.0 Å². The van der Waals surface area contributed by atoms with Crippen molar-refractivity contribution in [3.8, 4) is 0 Å². The Morgan fingerprint density at radius 2 is 2.17 bits per heavy atom. The van der Waals surface area contributed by atoms with Crippen LogP contribution < -0.4 is 15.5 Å². The second kappa shape index (κ2) is 9.51. The molecule has 130 valence electrons. The lowest BCUT2D eigenvalue weighted by atomic mass is 10.3. The lowest BCUT2D eigenvalue weighted by Gasteiger charge is -2.20. The van der Waals surface area contributed by atoms with Gasteiger partial charge in [0.15, 0.2) is 5.96 Å². The molecule has 0 radical (unpaired) electrons. The summed E-state index contributed by atoms with van der Waals surface area (Å²) in [7, 11) is 1.82. The fourth-order valence-corrected chi connectivity index (χ4v) is 2.86. The quantitative estimate of drug-likeness (QED) is 0.424. The van der Waals surface area contributed by atoms with Gasteiger partial charge in [-0.25, -0.2) is 4.98 Å². The van der Waals surface area contributed by atoms with Crippen molar-refractivity contribution >= 4 is 35.6 Å². The van der Waals surface area contributed by atoms with E-state index in [9.17, 15) is 0 Å². The van der Waals surface area contributed by atoms with E-state index in [1.165, 1.54) is 5.69 Å². The van der Waals surface area contributed by atoms with Gasteiger partial charge in [-0.15, -0.1) is 24.0 Å². The third-order valence-corrected chi connectivity index (χ3v) is 4.10. The summed E-state index contributed by atoms with van der Waals surface area (Å²) in [6.07, 6.45) is 6.71. The molecule has 1 aliphatic heterocycles. The van der Waals surface area contributed by atoms with Gasteiger partial charge in [-0.2, -0.15) is 0 Å². The number of imidazole rings is 1. The first kappa shape index (κ1) is 18.6. The number of halogens is 1. The number of hydrogen-bond donors (Lipinski definition) is 2. The molecule has 1 fully saturated rings. The van der Waals surface area contributed by atoms with Gasteiger partial charge < -0.3 is 20.1 Å². The van der Waals surface area contributed by atoms with Gasteiger partial charge >= 0.3 is 0 Å². The molecular weight excluding hydrogens is 415 g/mol. The van der Waals surface area contributed by atoms with Crippen molar-refractivity contribution < 1.29 is 0 Å². The largest absolute Gasteiger partial charge is 0.369 e. The van der Waals surface area contributed by atoms with Gasteiger partial charge in [0.2, 0.25) is 0 Å². The first-order chi connectivity index (χ1) is 11.3. The number of aromatic nitrogens is 2. The Bertz CT molecular complexity index is 613. The topological polar surface area (TPSA) is 57.5 Å². The predicted molar refractivity (Wildman–Crippen MR) is 109 cm³/mol. The van der Waals surface area contributed by atoms with E-state index in [0.29, 0.717) is 6.04 Å². The fraction of sp³-hybridized carbons (Fsp3) is 0.412. The molecule has 0 spiro atoms. The van der Waals surface area contributed by atoms with Crippen molar-refractivity contribution in [2.24, 2.45) is 4.99 Å². The van der Waals surface area contributed by atoms with Crippen LogP contribution in [0.4, 0.5) is 5.69 Å². The Hall–Kier alpha value is -1.77. The summed E-state index contributed by atoms with van der Waals surface area (Å²) >= 11 is 0. The SMILES string of the molecule is CN=C(NCCn1ccnc1)NC1CCN(c2ccccc2)C1.I. The second-order valence-corrected chi connectivity index (χ2v) is 5.71. The highest BCUT2D eigenvalue weighted by molar-refractivity contribution is 14.0. The van der Waals surface area contributed by atoms with E-state index in [2.05, 4.69) is 55.8 Å². The van der Waals surface area contributed by atoms with E-state index >= 15 is 0 Å². The summed E-state index contributed by atoms with van der Waals surface area (Å²) in [5, 5.41) is 6.88. The molecule has 2 aromatic rings. The van der Waals surface area contributed by atoms with Crippen LogP contribution in [0.3, 0.4) is 0 Å². The molecule has 1 aliphatic rings. The second-order valence-electron chi connectivity index (χ2n) is 5.71. The molecule has 1 unspecified atom stereocenters. The predicted octanol–water partition coefficient (Wildman–Crippen LogP) is 1.94. The zero-order valence-electron chi connectivity index (χ0n) is 13.9. The number of rotatable bonds is 5. The van der Waals surface area contributed by atoms with Crippen molar-refractivity contribution in [1.29, 1.82) is 0 Å². The number of aliphatic imine (C=N–C) groups is 1. The van der Waals surface area contributed by atoms with Gasteiger partial charge in [0.05, 0.1) is 6.33 Å². The van der Waals surface area contributed by atoms with Crippen molar-refractivity contribution in [3.63, 3.8) is 0 Å². The Morgan fingerprint density at radius 3 is 2.88 bits per heavy atom. The minimum Gasteiger partial charge on any atom is -0.369 e. The van der Waals surface area contributed by atoms with Gasteiger partial charge in [0.1, 0.15) is 0 Å². The van der Waals surface area contributed by atoms with E-state index in [-0.39, 0.29) is 24.0 Å². The molecule has 3 rings (SSSR count). The molecule has 2 N–H and O–H groups in total. The van der Waals surface area contributed by atoms with Crippen LogP contribution in [0.5, 0.6) is 0 Å².